The normalized spacial score (nSPS) is 11.9. The Morgan fingerprint density at radius 2 is 0.772 bits per heavy atom. The third-order valence-corrected chi connectivity index (χ3v) is 11.8. The van der Waals surface area contributed by atoms with Gasteiger partial charge in [-0.25, -0.2) is 0 Å². The van der Waals surface area contributed by atoms with Gasteiger partial charge in [-0.15, -0.1) is 0 Å². The molecule has 57 heavy (non-hydrogen) atoms. The van der Waals surface area contributed by atoms with Crippen LogP contribution in [0, 0.1) is 0 Å². The molecule has 12 rings (SSSR count). The first-order valence-corrected chi connectivity index (χ1v) is 19.6. The standard InChI is InChI=1S/C54H35N3/c1-4-18-39(19-5-1)55(42-30-28-36-16-10-11-17-37(36)34-42)43-31-33-44-38(35-43)29-32-48-51-50-47-26-14-15-27-49(47)56(40-20-6-2-7-21-40)53(50)45-24-12-13-25-46(45)54(51)57(52(44)48)41-22-8-3-9-23-41/h1-35H. The highest BCUT2D eigenvalue weighted by Gasteiger charge is 2.25. The third kappa shape index (κ3) is 4.73. The summed E-state index contributed by atoms with van der Waals surface area (Å²) < 4.78 is 5.00. The van der Waals surface area contributed by atoms with E-state index >= 15 is 0 Å². The Balaban J connectivity index is 1.21. The molecular weight excluding hydrogens is 691 g/mol. The molecule has 3 heteroatoms. The number of rotatable bonds is 5. The number of aromatic nitrogens is 2. The van der Waals surface area contributed by atoms with Crippen molar-refractivity contribution in [2.45, 2.75) is 0 Å². The molecule has 3 nitrogen and oxygen atoms in total. The molecule has 2 aromatic heterocycles. The van der Waals surface area contributed by atoms with Crippen LogP contribution >= 0.6 is 0 Å². The molecule has 0 unspecified atom stereocenters. The summed E-state index contributed by atoms with van der Waals surface area (Å²) >= 11 is 0. The van der Waals surface area contributed by atoms with Crippen LogP contribution in [0.1, 0.15) is 0 Å². The molecular formula is C54H35N3. The van der Waals surface area contributed by atoms with Crippen molar-refractivity contribution in [3.8, 4) is 11.4 Å². The van der Waals surface area contributed by atoms with Gasteiger partial charge in [0.2, 0.25) is 0 Å². The van der Waals surface area contributed by atoms with Crippen molar-refractivity contribution in [1.29, 1.82) is 0 Å². The summed E-state index contributed by atoms with van der Waals surface area (Å²) in [6.07, 6.45) is 0. The Morgan fingerprint density at radius 3 is 1.49 bits per heavy atom. The number of hydrogen-bond acceptors (Lipinski definition) is 1. The number of para-hydroxylation sites is 4. The van der Waals surface area contributed by atoms with Crippen LogP contribution in [-0.4, -0.2) is 9.13 Å². The minimum absolute atomic E-state index is 1.12. The summed E-state index contributed by atoms with van der Waals surface area (Å²) in [6.45, 7) is 0. The molecule has 0 atom stereocenters. The van der Waals surface area contributed by atoms with Crippen LogP contribution in [0.2, 0.25) is 0 Å². The fraction of sp³-hybridized carbons (Fsp3) is 0. The fourth-order valence-electron chi connectivity index (χ4n) is 9.41. The molecule has 0 spiro atoms. The predicted octanol–water partition coefficient (Wildman–Crippen LogP) is 14.8. The summed E-state index contributed by atoms with van der Waals surface area (Å²) in [4.78, 5) is 2.37. The van der Waals surface area contributed by atoms with Gasteiger partial charge in [0.25, 0.3) is 0 Å². The van der Waals surface area contributed by atoms with E-state index < -0.39 is 0 Å². The van der Waals surface area contributed by atoms with E-state index in [1.807, 2.05) is 0 Å². The van der Waals surface area contributed by atoms with Crippen LogP contribution in [0.25, 0.3) is 87.3 Å². The molecule has 12 aromatic rings. The maximum absolute atomic E-state index is 2.53. The molecule has 10 aromatic carbocycles. The van der Waals surface area contributed by atoms with Crippen molar-refractivity contribution < 1.29 is 0 Å². The first-order valence-electron chi connectivity index (χ1n) is 19.6. The van der Waals surface area contributed by atoms with Crippen LogP contribution < -0.4 is 4.90 Å². The van der Waals surface area contributed by atoms with Crippen molar-refractivity contribution in [3.63, 3.8) is 0 Å². The second-order valence-electron chi connectivity index (χ2n) is 14.9. The largest absolute Gasteiger partial charge is 0.310 e. The highest BCUT2D eigenvalue weighted by atomic mass is 15.1. The Morgan fingerprint density at radius 1 is 0.281 bits per heavy atom. The molecule has 0 bridgehead atoms. The van der Waals surface area contributed by atoms with Crippen molar-refractivity contribution >= 4 is 93.0 Å². The topological polar surface area (TPSA) is 13.1 Å². The number of nitrogens with zero attached hydrogens (tertiary/aromatic N) is 3. The number of anilines is 3. The maximum atomic E-state index is 2.53. The molecule has 0 N–H and O–H groups in total. The summed E-state index contributed by atoms with van der Waals surface area (Å²) in [7, 11) is 0. The molecule has 0 aliphatic carbocycles. The first kappa shape index (κ1) is 31.7. The lowest BCUT2D eigenvalue weighted by molar-refractivity contribution is 1.18. The molecule has 0 radical (unpaired) electrons. The molecule has 0 fully saturated rings. The van der Waals surface area contributed by atoms with Crippen LogP contribution in [0.15, 0.2) is 212 Å². The average molecular weight is 726 g/mol. The number of fused-ring (bicyclic) bond motifs is 13. The SMILES string of the molecule is c1ccc(N(c2ccc3ccccc3c2)c2ccc3c(ccc4c5c6c7ccccc7n(-c7ccccc7)c6c6ccccc6c5n(-c5ccccc5)c34)c2)cc1. The lowest BCUT2D eigenvalue weighted by Crippen LogP contribution is -2.09. The van der Waals surface area contributed by atoms with Gasteiger partial charge in [-0.05, 0) is 82.9 Å². The summed E-state index contributed by atoms with van der Waals surface area (Å²) in [6, 6.07) is 77.4. The molecule has 0 saturated carbocycles. The Hall–Kier alpha value is -7.62. The zero-order valence-electron chi connectivity index (χ0n) is 31.0. The zero-order chi connectivity index (χ0) is 37.5. The molecule has 266 valence electrons. The number of benzene rings is 10. The minimum atomic E-state index is 1.12. The maximum Gasteiger partial charge on any atom is 0.0627 e. The van der Waals surface area contributed by atoms with E-state index in [-0.39, 0.29) is 0 Å². The van der Waals surface area contributed by atoms with Gasteiger partial charge < -0.3 is 14.0 Å². The lowest BCUT2D eigenvalue weighted by Gasteiger charge is -2.26. The van der Waals surface area contributed by atoms with Gasteiger partial charge >= 0.3 is 0 Å². The van der Waals surface area contributed by atoms with E-state index in [4.69, 9.17) is 0 Å². The van der Waals surface area contributed by atoms with E-state index in [9.17, 15) is 0 Å². The summed E-state index contributed by atoms with van der Waals surface area (Å²) in [5.41, 5.74) is 10.6. The van der Waals surface area contributed by atoms with Gasteiger partial charge in [-0.1, -0.05) is 146 Å². The molecule has 0 saturated heterocycles. The van der Waals surface area contributed by atoms with E-state index in [1.54, 1.807) is 0 Å². The molecule has 0 aliphatic heterocycles. The van der Waals surface area contributed by atoms with Gasteiger partial charge in [-0.2, -0.15) is 0 Å². The van der Waals surface area contributed by atoms with Gasteiger partial charge in [0.15, 0.2) is 0 Å². The van der Waals surface area contributed by atoms with Gasteiger partial charge in [0.1, 0.15) is 0 Å². The van der Waals surface area contributed by atoms with E-state index in [0.29, 0.717) is 0 Å². The van der Waals surface area contributed by atoms with E-state index in [0.717, 1.165) is 28.4 Å². The first-order chi connectivity index (χ1) is 28.3. The van der Waals surface area contributed by atoms with E-state index in [2.05, 4.69) is 226 Å². The van der Waals surface area contributed by atoms with Crippen molar-refractivity contribution in [3.05, 3.63) is 212 Å². The van der Waals surface area contributed by atoms with Crippen molar-refractivity contribution in [2.24, 2.45) is 0 Å². The van der Waals surface area contributed by atoms with Crippen LogP contribution in [-0.2, 0) is 0 Å². The Labute approximate surface area is 329 Å². The second kappa shape index (κ2) is 12.5. The minimum Gasteiger partial charge on any atom is -0.310 e. The van der Waals surface area contributed by atoms with Crippen LogP contribution in [0.4, 0.5) is 17.1 Å². The summed E-state index contributed by atoms with van der Waals surface area (Å²) in [5.74, 6) is 0. The Kier molecular flexibility index (Phi) is 6.93. The third-order valence-electron chi connectivity index (χ3n) is 11.8. The van der Waals surface area contributed by atoms with Crippen molar-refractivity contribution in [2.75, 3.05) is 4.90 Å². The monoisotopic (exact) mass is 725 g/mol. The molecule has 0 amide bonds. The van der Waals surface area contributed by atoms with Gasteiger partial charge in [0.05, 0.1) is 22.1 Å². The smallest absolute Gasteiger partial charge is 0.0627 e. The molecule has 2 heterocycles. The lowest BCUT2D eigenvalue weighted by atomic mass is 9.98. The zero-order valence-corrected chi connectivity index (χ0v) is 31.0. The predicted molar refractivity (Wildman–Crippen MR) is 242 cm³/mol. The highest BCUT2D eigenvalue weighted by Crippen LogP contribution is 2.48. The quantitative estimate of drug-likeness (QED) is 0.172. The van der Waals surface area contributed by atoms with Crippen LogP contribution in [0.3, 0.4) is 0 Å². The average Bonchev–Trinajstić information content (AvgIpc) is 3.82. The van der Waals surface area contributed by atoms with Gasteiger partial charge in [0, 0.05) is 66.1 Å². The molecule has 0 aliphatic rings. The Bertz CT molecular complexity index is 3510. The van der Waals surface area contributed by atoms with Crippen LogP contribution in [0.5, 0.6) is 0 Å². The fourth-order valence-corrected chi connectivity index (χ4v) is 9.41. The highest BCUT2D eigenvalue weighted by molar-refractivity contribution is 6.38. The second-order valence-corrected chi connectivity index (χ2v) is 14.9. The van der Waals surface area contributed by atoms with Gasteiger partial charge in [-0.3, -0.25) is 0 Å². The summed E-state index contributed by atoms with van der Waals surface area (Å²) in [5, 5.41) is 12.4. The van der Waals surface area contributed by atoms with E-state index in [1.165, 1.54) is 75.9 Å². The van der Waals surface area contributed by atoms with Crippen molar-refractivity contribution in [1.82, 2.24) is 9.13 Å². The number of hydrogen-bond donors (Lipinski definition) is 0.